The van der Waals surface area contributed by atoms with Crippen LogP contribution in [-0.4, -0.2) is 37.2 Å². The third-order valence-electron chi connectivity index (χ3n) is 3.47. The molecule has 3 nitrogen and oxygen atoms in total. The molecular weight excluding hydrogens is 231 g/mol. The molecule has 0 bridgehead atoms. The highest BCUT2D eigenvalue weighted by molar-refractivity contribution is 5.23. The summed E-state index contributed by atoms with van der Waals surface area (Å²) in [4.78, 5) is 2.41. The van der Waals surface area contributed by atoms with Crippen molar-refractivity contribution in [3.8, 4) is 5.75 Å². The van der Waals surface area contributed by atoms with Gasteiger partial charge in [0.25, 0.3) is 0 Å². The van der Waals surface area contributed by atoms with Crippen molar-refractivity contribution in [2.75, 3.05) is 26.2 Å². The molecular formula is C14H21FN2O. The number of para-hydroxylation sites is 1. The maximum atomic E-state index is 13.3. The summed E-state index contributed by atoms with van der Waals surface area (Å²) in [7, 11) is 0. The van der Waals surface area contributed by atoms with Crippen molar-refractivity contribution in [2.45, 2.75) is 25.3 Å². The van der Waals surface area contributed by atoms with Gasteiger partial charge in [-0.2, -0.15) is 0 Å². The summed E-state index contributed by atoms with van der Waals surface area (Å²) in [5, 5.41) is 0. The van der Waals surface area contributed by atoms with Crippen LogP contribution in [0.25, 0.3) is 0 Å². The van der Waals surface area contributed by atoms with Crippen molar-refractivity contribution in [1.29, 1.82) is 0 Å². The van der Waals surface area contributed by atoms with Crippen LogP contribution >= 0.6 is 0 Å². The number of benzene rings is 1. The van der Waals surface area contributed by atoms with Crippen LogP contribution in [0.4, 0.5) is 4.39 Å². The second kappa shape index (κ2) is 6.71. The molecule has 18 heavy (non-hydrogen) atoms. The molecule has 1 fully saturated rings. The van der Waals surface area contributed by atoms with E-state index in [9.17, 15) is 4.39 Å². The van der Waals surface area contributed by atoms with E-state index in [0.717, 1.165) is 19.5 Å². The lowest BCUT2D eigenvalue weighted by molar-refractivity contribution is 0.194. The van der Waals surface area contributed by atoms with Crippen molar-refractivity contribution in [1.82, 2.24) is 4.90 Å². The van der Waals surface area contributed by atoms with Crippen molar-refractivity contribution in [3.05, 3.63) is 30.1 Å². The minimum Gasteiger partial charge on any atom is -0.490 e. The van der Waals surface area contributed by atoms with E-state index in [1.165, 1.54) is 18.9 Å². The van der Waals surface area contributed by atoms with Crippen LogP contribution in [0.5, 0.6) is 5.75 Å². The first-order valence-corrected chi connectivity index (χ1v) is 6.62. The van der Waals surface area contributed by atoms with Crippen LogP contribution in [0, 0.1) is 5.82 Å². The van der Waals surface area contributed by atoms with E-state index in [2.05, 4.69) is 4.90 Å². The standard InChI is InChI=1S/C14H21FN2O/c15-13-5-1-2-6-14(13)18-10-7-12(11-16)17-8-3-4-9-17/h1-2,5-6,12H,3-4,7-11,16H2. The number of halogens is 1. The van der Waals surface area contributed by atoms with Crippen LogP contribution in [0.15, 0.2) is 24.3 Å². The topological polar surface area (TPSA) is 38.5 Å². The Morgan fingerprint density at radius 2 is 2.00 bits per heavy atom. The molecule has 0 spiro atoms. The van der Waals surface area contributed by atoms with Gasteiger partial charge >= 0.3 is 0 Å². The third kappa shape index (κ3) is 3.43. The highest BCUT2D eigenvalue weighted by Crippen LogP contribution is 2.17. The van der Waals surface area contributed by atoms with Crippen molar-refractivity contribution in [2.24, 2.45) is 5.73 Å². The predicted molar refractivity (Wildman–Crippen MR) is 70.2 cm³/mol. The summed E-state index contributed by atoms with van der Waals surface area (Å²) in [6, 6.07) is 6.87. The molecule has 1 aliphatic heterocycles. The molecule has 2 rings (SSSR count). The SMILES string of the molecule is NCC(CCOc1ccccc1F)N1CCCC1. The fourth-order valence-electron chi connectivity index (χ4n) is 2.42. The lowest BCUT2D eigenvalue weighted by atomic mass is 10.2. The van der Waals surface area contributed by atoms with Gasteiger partial charge in [-0.1, -0.05) is 12.1 Å². The fraction of sp³-hybridized carbons (Fsp3) is 0.571. The van der Waals surface area contributed by atoms with Gasteiger partial charge in [-0.15, -0.1) is 0 Å². The average molecular weight is 252 g/mol. The molecule has 0 saturated carbocycles. The zero-order chi connectivity index (χ0) is 12.8. The molecule has 1 saturated heterocycles. The number of nitrogens with zero attached hydrogens (tertiary/aromatic N) is 1. The minimum absolute atomic E-state index is 0.303. The Bertz CT molecular complexity index is 367. The molecule has 0 amide bonds. The third-order valence-corrected chi connectivity index (χ3v) is 3.47. The van der Waals surface area contributed by atoms with Gasteiger partial charge in [0.15, 0.2) is 11.6 Å². The molecule has 100 valence electrons. The van der Waals surface area contributed by atoms with E-state index >= 15 is 0 Å². The van der Waals surface area contributed by atoms with Crippen LogP contribution in [0.2, 0.25) is 0 Å². The monoisotopic (exact) mass is 252 g/mol. The van der Waals surface area contributed by atoms with Crippen LogP contribution < -0.4 is 10.5 Å². The lowest BCUT2D eigenvalue weighted by Gasteiger charge is -2.26. The second-order valence-corrected chi connectivity index (χ2v) is 4.70. The smallest absolute Gasteiger partial charge is 0.165 e. The van der Waals surface area contributed by atoms with Crippen molar-refractivity contribution >= 4 is 0 Å². The van der Waals surface area contributed by atoms with Gasteiger partial charge in [0.1, 0.15) is 0 Å². The van der Waals surface area contributed by atoms with Gasteiger partial charge in [-0.05, 0) is 44.5 Å². The van der Waals surface area contributed by atoms with E-state index in [1.54, 1.807) is 18.2 Å². The van der Waals surface area contributed by atoms with Gasteiger partial charge in [-0.3, -0.25) is 4.90 Å². The van der Waals surface area contributed by atoms with Crippen LogP contribution in [-0.2, 0) is 0 Å². The number of ether oxygens (including phenoxy) is 1. The minimum atomic E-state index is -0.303. The number of rotatable bonds is 6. The van der Waals surface area contributed by atoms with E-state index in [-0.39, 0.29) is 5.82 Å². The van der Waals surface area contributed by atoms with Crippen molar-refractivity contribution < 1.29 is 9.13 Å². The van der Waals surface area contributed by atoms with Gasteiger partial charge in [0.05, 0.1) is 6.61 Å². The quantitative estimate of drug-likeness (QED) is 0.841. The Hall–Kier alpha value is -1.13. The summed E-state index contributed by atoms with van der Waals surface area (Å²) >= 11 is 0. The van der Waals surface area contributed by atoms with Gasteiger partial charge < -0.3 is 10.5 Å². The summed E-state index contributed by atoms with van der Waals surface area (Å²) in [6.07, 6.45) is 3.36. The zero-order valence-corrected chi connectivity index (χ0v) is 10.6. The molecule has 2 N–H and O–H groups in total. The molecule has 1 aromatic rings. The highest BCUT2D eigenvalue weighted by atomic mass is 19.1. The number of nitrogens with two attached hydrogens (primary N) is 1. The van der Waals surface area contributed by atoms with E-state index in [4.69, 9.17) is 10.5 Å². The molecule has 4 heteroatoms. The fourth-order valence-corrected chi connectivity index (χ4v) is 2.42. The molecule has 0 aliphatic carbocycles. The number of likely N-dealkylation sites (tertiary alicyclic amines) is 1. The Labute approximate surface area is 108 Å². The maximum absolute atomic E-state index is 13.3. The summed E-state index contributed by atoms with van der Waals surface area (Å²) < 4.78 is 18.8. The molecule has 1 aliphatic rings. The molecule has 0 radical (unpaired) electrons. The molecule has 1 unspecified atom stereocenters. The number of hydrogen-bond acceptors (Lipinski definition) is 3. The first-order chi connectivity index (χ1) is 8.81. The Balaban J connectivity index is 1.78. The second-order valence-electron chi connectivity index (χ2n) is 4.70. The van der Waals surface area contributed by atoms with E-state index in [1.807, 2.05) is 0 Å². The Kier molecular flexibility index (Phi) is 4.96. The zero-order valence-electron chi connectivity index (χ0n) is 10.6. The first kappa shape index (κ1) is 13.3. The molecule has 1 heterocycles. The Morgan fingerprint density at radius 3 is 2.67 bits per heavy atom. The summed E-state index contributed by atoms with van der Waals surface area (Å²) in [5.41, 5.74) is 5.79. The van der Waals surface area contributed by atoms with Crippen molar-refractivity contribution in [3.63, 3.8) is 0 Å². The van der Waals surface area contributed by atoms with Crippen LogP contribution in [0.3, 0.4) is 0 Å². The van der Waals surface area contributed by atoms with Crippen LogP contribution in [0.1, 0.15) is 19.3 Å². The maximum Gasteiger partial charge on any atom is 0.165 e. The average Bonchev–Trinajstić information content (AvgIpc) is 2.90. The van der Waals surface area contributed by atoms with Gasteiger partial charge in [0, 0.05) is 12.6 Å². The van der Waals surface area contributed by atoms with Gasteiger partial charge in [0.2, 0.25) is 0 Å². The predicted octanol–water partition coefficient (Wildman–Crippen LogP) is 2.02. The van der Waals surface area contributed by atoms with Gasteiger partial charge in [-0.25, -0.2) is 4.39 Å². The highest BCUT2D eigenvalue weighted by Gasteiger charge is 2.20. The number of hydrogen-bond donors (Lipinski definition) is 1. The molecule has 1 atom stereocenters. The van der Waals surface area contributed by atoms with E-state index in [0.29, 0.717) is 24.9 Å². The molecule has 1 aromatic carbocycles. The lowest BCUT2D eigenvalue weighted by Crippen LogP contribution is -2.39. The summed E-state index contributed by atoms with van der Waals surface area (Å²) in [5.74, 6) is 0.0256. The normalized spacial score (nSPS) is 17.9. The molecule has 0 aromatic heterocycles. The summed E-state index contributed by atoms with van der Waals surface area (Å²) in [6.45, 7) is 3.41. The van der Waals surface area contributed by atoms with E-state index < -0.39 is 0 Å². The Morgan fingerprint density at radius 1 is 1.28 bits per heavy atom. The largest absolute Gasteiger partial charge is 0.490 e. The first-order valence-electron chi connectivity index (χ1n) is 6.62.